The van der Waals surface area contributed by atoms with Gasteiger partial charge in [0.05, 0.1) is 0 Å². The molecule has 0 amide bonds. The van der Waals surface area contributed by atoms with Crippen LogP contribution in [0, 0.1) is 12.1 Å². The Balaban J connectivity index is 0.000000183. The van der Waals surface area contributed by atoms with Crippen molar-refractivity contribution < 1.29 is 24.2 Å². The van der Waals surface area contributed by atoms with Gasteiger partial charge in [0, 0.05) is 0 Å². The van der Waals surface area contributed by atoms with E-state index in [2.05, 4.69) is 116 Å². The van der Waals surface area contributed by atoms with E-state index in [9.17, 15) is 0 Å². The van der Waals surface area contributed by atoms with Crippen LogP contribution in [0.4, 0.5) is 0 Å². The summed E-state index contributed by atoms with van der Waals surface area (Å²) in [4.78, 5) is 0. The van der Waals surface area contributed by atoms with Crippen LogP contribution in [0.15, 0.2) is 115 Å². The first-order valence-electron chi connectivity index (χ1n) is 11.2. The molecule has 174 valence electrons. The van der Waals surface area contributed by atoms with Gasteiger partial charge in [0.15, 0.2) is 0 Å². The molecule has 0 heterocycles. The molecule has 35 heavy (non-hydrogen) atoms. The van der Waals surface area contributed by atoms with Gasteiger partial charge < -0.3 is 0 Å². The van der Waals surface area contributed by atoms with Crippen molar-refractivity contribution in [2.24, 2.45) is 0 Å². The van der Waals surface area contributed by atoms with Crippen molar-refractivity contribution in [1.82, 2.24) is 0 Å². The van der Waals surface area contributed by atoms with Gasteiger partial charge in [-0.2, -0.15) is 41.5 Å². The van der Waals surface area contributed by atoms with Crippen LogP contribution >= 0.6 is 24.8 Å². The molecule has 4 aromatic carbocycles. The van der Waals surface area contributed by atoms with Crippen molar-refractivity contribution in [2.75, 3.05) is 0 Å². The van der Waals surface area contributed by atoms with Gasteiger partial charge in [-0.25, -0.2) is 6.08 Å². The number of hydrogen-bond donors (Lipinski definition) is 0. The molecule has 0 saturated carbocycles. The summed E-state index contributed by atoms with van der Waals surface area (Å²) in [6, 6.07) is 39.0. The molecule has 2 aliphatic carbocycles. The maximum absolute atomic E-state index is 3.30. The third-order valence-electron chi connectivity index (χ3n) is 5.63. The fourth-order valence-electron chi connectivity index (χ4n) is 3.91. The first-order chi connectivity index (χ1) is 16.2. The Kier molecular flexibility index (Phi) is 12.4. The summed E-state index contributed by atoms with van der Waals surface area (Å²) < 4.78 is 1.46. The second-order valence-corrected chi connectivity index (χ2v) is 9.81. The van der Waals surface area contributed by atoms with E-state index in [0.29, 0.717) is 0 Å². The molecule has 0 fully saturated rings. The zero-order chi connectivity index (χ0) is 22.9. The van der Waals surface area contributed by atoms with Gasteiger partial charge in [-0.1, -0.05) is 65.7 Å². The Labute approximate surface area is 237 Å². The predicted octanol–water partition coefficient (Wildman–Crippen LogP) is 8.51. The Morgan fingerprint density at radius 2 is 1.37 bits per heavy atom. The topological polar surface area (TPSA) is 0 Å². The number of halogens is 2. The molecule has 0 bridgehead atoms. The normalized spacial score (nSPS) is 11.7. The molecule has 2 aliphatic rings. The van der Waals surface area contributed by atoms with Crippen LogP contribution in [-0.2, 0) is 30.7 Å². The number of fused-ring (bicyclic) bond motifs is 3. The van der Waals surface area contributed by atoms with E-state index in [4.69, 9.17) is 0 Å². The number of allylic oxidation sites excluding steroid dienone is 4. The van der Waals surface area contributed by atoms with Crippen LogP contribution in [0.3, 0.4) is 0 Å². The monoisotopic (exact) mass is 572 g/mol. The van der Waals surface area contributed by atoms with Crippen LogP contribution in [0.1, 0.15) is 35.6 Å². The summed E-state index contributed by atoms with van der Waals surface area (Å²) in [6.45, 7) is 2.16. The SMILES string of the molecule is C[C](=[Zr+2])c1ccccc1.Cl.Cl.[C-]1=CC(c2ccccc2)=CC1.[c-]1cccc2c1Cc1ccccc1-2. The first kappa shape index (κ1) is 28.9. The van der Waals surface area contributed by atoms with Crippen molar-refractivity contribution in [3.8, 4) is 11.1 Å². The van der Waals surface area contributed by atoms with Gasteiger partial charge in [0.25, 0.3) is 0 Å². The van der Waals surface area contributed by atoms with Gasteiger partial charge in [0.2, 0.25) is 0 Å². The van der Waals surface area contributed by atoms with Gasteiger partial charge in [-0.15, -0.1) is 42.4 Å². The molecule has 0 spiro atoms. The van der Waals surface area contributed by atoms with Crippen LogP contribution in [0.25, 0.3) is 16.7 Å². The Morgan fingerprint density at radius 3 is 2.00 bits per heavy atom. The molecular formula is C32H28Cl2Zr. The maximum atomic E-state index is 3.30. The molecule has 0 aliphatic heterocycles. The standard InChI is InChI=1S/C13H9.C11H9.C8H8.2ClH.Zr/c1-3-7-12-10(5-1)9-11-6-2-4-8-13(11)12;1-2-6-10(7-3-1)11-8-4-5-9-11;1-2-8-6-4-3-5-7-8;;;/h1-5,7-8H,9H2;1-3,6-9H,4H2;3-7H,1H3;2*1H;/q2*-1;;;;+2. The van der Waals surface area contributed by atoms with E-state index in [1.165, 1.54) is 66.4 Å². The average molecular weight is 575 g/mol. The molecule has 4 aromatic rings. The van der Waals surface area contributed by atoms with Crippen LogP contribution in [-0.4, -0.2) is 3.21 Å². The zero-order valence-corrected chi connectivity index (χ0v) is 23.8. The third kappa shape index (κ3) is 8.11. The van der Waals surface area contributed by atoms with Gasteiger partial charge in [-0.05, 0) is 6.42 Å². The van der Waals surface area contributed by atoms with Crippen molar-refractivity contribution in [3.05, 3.63) is 150 Å². The van der Waals surface area contributed by atoms with Gasteiger partial charge in [0.1, 0.15) is 0 Å². The number of benzene rings is 4. The molecule has 0 N–H and O–H groups in total. The van der Waals surface area contributed by atoms with Crippen molar-refractivity contribution >= 4 is 33.6 Å². The Hall–Kier alpha value is -2.31. The molecule has 0 saturated heterocycles. The van der Waals surface area contributed by atoms with E-state index in [1.807, 2.05) is 18.2 Å². The quantitative estimate of drug-likeness (QED) is 0.186. The van der Waals surface area contributed by atoms with Gasteiger partial charge >= 0.3 is 70.3 Å². The fraction of sp³-hybridized carbons (Fsp3) is 0.0938. The summed E-state index contributed by atoms with van der Waals surface area (Å²) in [6.07, 6.45) is 9.40. The van der Waals surface area contributed by atoms with Crippen molar-refractivity contribution in [3.63, 3.8) is 0 Å². The maximum Gasteiger partial charge on any atom is -0.0253 e. The molecule has 0 unspecified atom stereocenters. The third-order valence-corrected chi connectivity index (χ3v) is 6.34. The molecule has 3 heteroatoms. The molecule has 0 aromatic heterocycles. The molecule has 6 rings (SSSR count). The first-order valence-corrected chi connectivity index (χ1v) is 12.5. The van der Waals surface area contributed by atoms with Crippen LogP contribution in [0.2, 0.25) is 0 Å². The number of hydrogen-bond acceptors (Lipinski definition) is 0. The van der Waals surface area contributed by atoms with E-state index >= 15 is 0 Å². The predicted molar refractivity (Wildman–Crippen MR) is 151 cm³/mol. The fourth-order valence-corrected chi connectivity index (χ4v) is 4.32. The second-order valence-electron chi connectivity index (χ2n) is 7.97. The minimum atomic E-state index is 0. The summed E-state index contributed by atoms with van der Waals surface area (Å²) in [5.41, 5.74) is 9.47. The summed E-state index contributed by atoms with van der Waals surface area (Å²) in [5, 5.41) is 0. The number of rotatable bonds is 2. The molecule has 0 radical (unpaired) electrons. The van der Waals surface area contributed by atoms with E-state index in [1.54, 1.807) is 0 Å². The van der Waals surface area contributed by atoms with E-state index in [-0.39, 0.29) is 24.8 Å². The van der Waals surface area contributed by atoms with E-state index < -0.39 is 0 Å². The van der Waals surface area contributed by atoms with Crippen molar-refractivity contribution in [2.45, 2.75) is 19.8 Å². The molecular weight excluding hydrogens is 546 g/mol. The summed E-state index contributed by atoms with van der Waals surface area (Å²) >= 11 is 1.51. The Bertz CT molecular complexity index is 1230. The molecule has 0 nitrogen and oxygen atoms in total. The van der Waals surface area contributed by atoms with E-state index in [0.717, 1.165) is 12.8 Å². The summed E-state index contributed by atoms with van der Waals surface area (Å²) in [7, 11) is 0. The summed E-state index contributed by atoms with van der Waals surface area (Å²) in [5.74, 6) is 0. The minimum absolute atomic E-state index is 0. The molecule has 0 atom stereocenters. The van der Waals surface area contributed by atoms with Crippen LogP contribution < -0.4 is 0 Å². The largest absolute Gasteiger partial charge is 0.272 e. The smallest absolute Gasteiger partial charge is 0.0253 e. The second kappa shape index (κ2) is 14.9. The average Bonchev–Trinajstić information content (AvgIpc) is 3.54. The van der Waals surface area contributed by atoms with Gasteiger partial charge in [-0.3, -0.25) is 6.08 Å². The van der Waals surface area contributed by atoms with Crippen LogP contribution in [0.5, 0.6) is 0 Å². The van der Waals surface area contributed by atoms with Crippen molar-refractivity contribution in [1.29, 1.82) is 0 Å². The minimum Gasteiger partial charge on any atom is -0.272 e. The zero-order valence-electron chi connectivity index (χ0n) is 19.7. The Morgan fingerprint density at radius 1 is 0.743 bits per heavy atom.